The molecular formula is C23H27N3OS. The summed E-state index contributed by atoms with van der Waals surface area (Å²) in [6.07, 6.45) is 1.14. The number of hydrogen-bond donors (Lipinski definition) is 0. The van der Waals surface area contributed by atoms with Gasteiger partial charge in [-0.15, -0.1) is 11.3 Å². The normalized spacial score (nSPS) is 16.6. The fourth-order valence-corrected chi connectivity index (χ4v) is 4.75. The number of methoxy groups -OCH3 is 1. The van der Waals surface area contributed by atoms with Gasteiger partial charge in [-0.1, -0.05) is 42.5 Å². The van der Waals surface area contributed by atoms with Crippen molar-refractivity contribution in [2.24, 2.45) is 0 Å². The van der Waals surface area contributed by atoms with E-state index in [0.29, 0.717) is 6.04 Å². The molecule has 146 valence electrons. The Labute approximate surface area is 171 Å². The summed E-state index contributed by atoms with van der Waals surface area (Å²) in [7, 11) is 1.75. The van der Waals surface area contributed by atoms with Gasteiger partial charge in [0.15, 0.2) is 0 Å². The van der Waals surface area contributed by atoms with Crippen LogP contribution >= 0.6 is 11.3 Å². The highest BCUT2D eigenvalue weighted by Crippen LogP contribution is 2.31. The zero-order valence-electron chi connectivity index (χ0n) is 16.5. The maximum Gasteiger partial charge on any atom is 0.142 e. The third-order valence-electron chi connectivity index (χ3n) is 5.47. The molecular weight excluding hydrogens is 366 g/mol. The first-order valence-electron chi connectivity index (χ1n) is 9.89. The molecule has 1 unspecified atom stereocenters. The zero-order valence-corrected chi connectivity index (χ0v) is 17.4. The van der Waals surface area contributed by atoms with E-state index in [9.17, 15) is 0 Å². The van der Waals surface area contributed by atoms with E-state index in [-0.39, 0.29) is 0 Å². The van der Waals surface area contributed by atoms with E-state index in [0.717, 1.165) is 43.4 Å². The van der Waals surface area contributed by atoms with Crippen LogP contribution in [0, 0.1) is 0 Å². The third kappa shape index (κ3) is 4.05. The summed E-state index contributed by atoms with van der Waals surface area (Å²) in [5.41, 5.74) is 3.57. The third-order valence-corrected chi connectivity index (χ3v) is 6.38. The second-order valence-corrected chi connectivity index (χ2v) is 8.03. The van der Waals surface area contributed by atoms with Crippen molar-refractivity contribution < 1.29 is 4.74 Å². The van der Waals surface area contributed by atoms with Gasteiger partial charge in [0.25, 0.3) is 0 Å². The first kappa shape index (κ1) is 19.0. The van der Waals surface area contributed by atoms with Crippen molar-refractivity contribution in [1.82, 2.24) is 9.88 Å². The van der Waals surface area contributed by atoms with E-state index in [1.807, 2.05) is 18.2 Å². The number of thiazole rings is 1. The second kappa shape index (κ2) is 8.76. The number of para-hydroxylation sites is 2. The molecule has 0 bridgehead atoms. The molecule has 4 rings (SSSR count). The Morgan fingerprint density at radius 1 is 0.964 bits per heavy atom. The minimum Gasteiger partial charge on any atom is -0.495 e. The molecule has 4 nitrogen and oxygen atoms in total. The summed E-state index contributed by atoms with van der Waals surface area (Å²) < 4.78 is 5.56. The topological polar surface area (TPSA) is 28.6 Å². The van der Waals surface area contributed by atoms with E-state index < -0.39 is 0 Å². The lowest BCUT2D eigenvalue weighted by Crippen LogP contribution is -2.32. The van der Waals surface area contributed by atoms with Crippen molar-refractivity contribution in [3.8, 4) is 16.3 Å². The van der Waals surface area contributed by atoms with Crippen molar-refractivity contribution in [2.45, 2.75) is 19.4 Å². The maximum absolute atomic E-state index is 5.56. The first-order chi connectivity index (χ1) is 13.8. The van der Waals surface area contributed by atoms with Crippen molar-refractivity contribution in [3.63, 3.8) is 0 Å². The van der Waals surface area contributed by atoms with Gasteiger partial charge in [-0.25, -0.2) is 4.98 Å². The number of rotatable bonds is 5. The van der Waals surface area contributed by atoms with Gasteiger partial charge in [0, 0.05) is 37.1 Å². The van der Waals surface area contributed by atoms with Crippen LogP contribution in [0.5, 0.6) is 5.75 Å². The number of hydrogen-bond acceptors (Lipinski definition) is 5. The molecule has 0 radical (unpaired) electrons. The molecule has 0 amide bonds. The van der Waals surface area contributed by atoms with Crippen LogP contribution in [0.15, 0.2) is 60.0 Å². The molecule has 1 fully saturated rings. The zero-order chi connectivity index (χ0) is 19.3. The van der Waals surface area contributed by atoms with Gasteiger partial charge in [0.05, 0.1) is 24.5 Å². The highest BCUT2D eigenvalue weighted by atomic mass is 32.1. The molecule has 1 aliphatic heterocycles. The molecule has 2 aromatic carbocycles. The van der Waals surface area contributed by atoms with Crippen LogP contribution in [-0.4, -0.2) is 43.2 Å². The lowest BCUT2D eigenvalue weighted by molar-refractivity contribution is 0.223. The largest absolute Gasteiger partial charge is 0.495 e. The summed E-state index contributed by atoms with van der Waals surface area (Å²) in [5, 5.41) is 3.32. The first-order valence-corrected chi connectivity index (χ1v) is 10.8. The summed E-state index contributed by atoms with van der Waals surface area (Å²) in [4.78, 5) is 9.94. The Morgan fingerprint density at radius 3 is 2.57 bits per heavy atom. The van der Waals surface area contributed by atoms with E-state index >= 15 is 0 Å². The molecule has 0 N–H and O–H groups in total. The minimum atomic E-state index is 0.325. The van der Waals surface area contributed by atoms with Crippen molar-refractivity contribution >= 4 is 17.0 Å². The highest BCUT2D eigenvalue weighted by Gasteiger charge is 2.23. The van der Waals surface area contributed by atoms with Gasteiger partial charge >= 0.3 is 0 Å². The standard InChI is InChI=1S/C23H27N3OS/c1-18(20-17-28-23(24-20)19-9-4-3-5-10-19)25-13-8-14-26(16-15-25)21-11-6-7-12-22(21)27-2/h3-7,9-12,17-18H,8,13-16H2,1-2H3. The van der Waals surface area contributed by atoms with Crippen LogP contribution in [0.4, 0.5) is 5.69 Å². The summed E-state index contributed by atoms with van der Waals surface area (Å²) in [5.74, 6) is 0.955. The average molecular weight is 394 g/mol. The summed E-state index contributed by atoms with van der Waals surface area (Å²) in [6, 6.07) is 19.1. The van der Waals surface area contributed by atoms with E-state index in [4.69, 9.17) is 9.72 Å². The molecule has 0 spiro atoms. The van der Waals surface area contributed by atoms with Crippen LogP contribution in [0.2, 0.25) is 0 Å². The summed E-state index contributed by atoms with van der Waals surface area (Å²) in [6.45, 7) is 6.45. The highest BCUT2D eigenvalue weighted by molar-refractivity contribution is 7.13. The number of benzene rings is 2. The van der Waals surface area contributed by atoms with Crippen LogP contribution in [-0.2, 0) is 0 Å². The minimum absolute atomic E-state index is 0.325. The molecule has 1 aliphatic rings. The quantitative estimate of drug-likeness (QED) is 0.603. The van der Waals surface area contributed by atoms with E-state index in [1.54, 1.807) is 18.4 Å². The van der Waals surface area contributed by atoms with Crippen molar-refractivity contribution in [1.29, 1.82) is 0 Å². The number of aromatic nitrogens is 1. The summed E-state index contributed by atoms with van der Waals surface area (Å²) >= 11 is 1.74. The molecule has 5 heteroatoms. The van der Waals surface area contributed by atoms with Crippen LogP contribution in [0.1, 0.15) is 25.1 Å². The smallest absolute Gasteiger partial charge is 0.142 e. The second-order valence-electron chi connectivity index (χ2n) is 7.17. The Balaban J connectivity index is 1.45. The Morgan fingerprint density at radius 2 is 1.75 bits per heavy atom. The predicted octanol–water partition coefficient (Wildman–Crippen LogP) is 5.09. The Hall–Kier alpha value is -2.37. The molecule has 1 saturated heterocycles. The van der Waals surface area contributed by atoms with E-state index in [1.165, 1.54) is 16.9 Å². The molecule has 1 atom stereocenters. The average Bonchev–Trinajstić information content (AvgIpc) is 3.12. The SMILES string of the molecule is COc1ccccc1N1CCCN(C(C)c2csc(-c3ccccc3)n2)CC1. The molecule has 0 aliphatic carbocycles. The Kier molecular flexibility index (Phi) is 5.93. The van der Waals surface area contributed by atoms with Gasteiger partial charge in [0.2, 0.25) is 0 Å². The van der Waals surface area contributed by atoms with Crippen molar-refractivity contribution in [2.75, 3.05) is 38.2 Å². The maximum atomic E-state index is 5.56. The molecule has 1 aromatic heterocycles. The van der Waals surface area contributed by atoms with Gasteiger partial charge in [-0.05, 0) is 25.5 Å². The monoisotopic (exact) mass is 393 g/mol. The number of ether oxygens (including phenoxy) is 1. The van der Waals surface area contributed by atoms with Gasteiger partial charge in [0.1, 0.15) is 10.8 Å². The molecule has 3 aromatic rings. The lowest BCUT2D eigenvalue weighted by atomic mass is 10.2. The van der Waals surface area contributed by atoms with Gasteiger partial charge in [-0.3, -0.25) is 4.90 Å². The Bertz CT molecular complexity index is 896. The van der Waals surface area contributed by atoms with Crippen LogP contribution < -0.4 is 9.64 Å². The van der Waals surface area contributed by atoms with Crippen molar-refractivity contribution in [3.05, 3.63) is 65.7 Å². The van der Waals surface area contributed by atoms with Crippen LogP contribution in [0.3, 0.4) is 0 Å². The molecule has 28 heavy (non-hydrogen) atoms. The fourth-order valence-electron chi connectivity index (χ4n) is 3.84. The number of anilines is 1. The molecule has 2 heterocycles. The van der Waals surface area contributed by atoms with E-state index in [2.05, 4.69) is 58.5 Å². The lowest BCUT2D eigenvalue weighted by Gasteiger charge is -2.27. The fraction of sp³-hybridized carbons (Fsp3) is 0.348. The van der Waals surface area contributed by atoms with Gasteiger partial charge in [-0.2, -0.15) is 0 Å². The predicted molar refractivity (Wildman–Crippen MR) is 117 cm³/mol. The molecule has 0 saturated carbocycles. The van der Waals surface area contributed by atoms with Gasteiger partial charge < -0.3 is 9.64 Å². The number of nitrogens with zero attached hydrogens (tertiary/aromatic N) is 3. The van der Waals surface area contributed by atoms with Crippen LogP contribution in [0.25, 0.3) is 10.6 Å².